The van der Waals surface area contributed by atoms with Crippen molar-refractivity contribution in [3.05, 3.63) is 22.0 Å². The van der Waals surface area contributed by atoms with Crippen molar-refractivity contribution in [3.8, 4) is 10.6 Å². The standard InChI is InChI=1S/C8H5ClN2OS2/c9-5-3-14-8(11-4-12)6(5)7-10-1-2-13-7/h1-4H,(H,11,12). The zero-order valence-electron chi connectivity index (χ0n) is 6.86. The molecule has 0 aliphatic heterocycles. The van der Waals surface area contributed by atoms with Crippen LogP contribution in [0.4, 0.5) is 5.00 Å². The first-order valence-electron chi connectivity index (χ1n) is 3.70. The van der Waals surface area contributed by atoms with E-state index in [0.717, 1.165) is 15.6 Å². The molecule has 6 heteroatoms. The van der Waals surface area contributed by atoms with Crippen LogP contribution in [0, 0.1) is 0 Å². The summed E-state index contributed by atoms with van der Waals surface area (Å²) in [4.78, 5) is 14.5. The van der Waals surface area contributed by atoms with Crippen LogP contribution in [0.1, 0.15) is 0 Å². The van der Waals surface area contributed by atoms with Crippen LogP contribution in [0.25, 0.3) is 10.6 Å². The Morgan fingerprint density at radius 2 is 2.36 bits per heavy atom. The maximum absolute atomic E-state index is 10.3. The lowest BCUT2D eigenvalue weighted by Crippen LogP contribution is -1.92. The Hall–Kier alpha value is -0.910. The predicted octanol–water partition coefficient (Wildman–Crippen LogP) is 3.09. The Morgan fingerprint density at radius 3 is 3.00 bits per heavy atom. The fraction of sp³-hybridized carbons (Fsp3) is 0. The number of carbonyl (C=O) groups excluding carboxylic acids is 1. The van der Waals surface area contributed by atoms with Crippen LogP contribution >= 0.6 is 34.3 Å². The monoisotopic (exact) mass is 244 g/mol. The molecule has 3 nitrogen and oxygen atoms in total. The minimum Gasteiger partial charge on any atom is -0.320 e. The quantitative estimate of drug-likeness (QED) is 0.843. The summed E-state index contributed by atoms with van der Waals surface area (Å²) in [5.74, 6) is 0. The summed E-state index contributed by atoms with van der Waals surface area (Å²) in [5, 5.41) is 8.43. The minimum absolute atomic E-state index is 0.620. The van der Waals surface area contributed by atoms with Crippen molar-refractivity contribution in [2.75, 3.05) is 5.32 Å². The van der Waals surface area contributed by atoms with Crippen molar-refractivity contribution in [2.45, 2.75) is 0 Å². The Kier molecular flexibility index (Phi) is 2.81. The van der Waals surface area contributed by atoms with Gasteiger partial charge in [0.15, 0.2) is 0 Å². The fourth-order valence-corrected chi connectivity index (χ4v) is 3.02. The maximum Gasteiger partial charge on any atom is 0.212 e. The molecule has 0 saturated carbocycles. The number of nitrogens with one attached hydrogen (secondary N) is 1. The van der Waals surface area contributed by atoms with Crippen molar-refractivity contribution in [1.29, 1.82) is 0 Å². The van der Waals surface area contributed by atoms with Crippen LogP contribution in [0.2, 0.25) is 5.02 Å². The number of aromatic nitrogens is 1. The Labute approximate surface area is 93.4 Å². The molecule has 1 N–H and O–H groups in total. The van der Waals surface area contributed by atoms with Gasteiger partial charge in [0.1, 0.15) is 10.0 Å². The van der Waals surface area contributed by atoms with E-state index in [9.17, 15) is 4.79 Å². The summed E-state index contributed by atoms with van der Waals surface area (Å²) in [6.07, 6.45) is 2.35. The molecule has 2 aromatic heterocycles. The molecule has 0 saturated heterocycles. The highest BCUT2D eigenvalue weighted by atomic mass is 35.5. The number of hydrogen-bond donors (Lipinski definition) is 1. The van der Waals surface area contributed by atoms with Crippen molar-refractivity contribution < 1.29 is 4.79 Å². The number of rotatable bonds is 3. The summed E-state index contributed by atoms with van der Waals surface area (Å²) < 4.78 is 0. The van der Waals surface area contributed by atoms with Crippen molar-refractivity contribution in [1.82, 2.24) is 4.98 Å². The first-order valence-corrected chi connectivity index (χ1v) is 5.83. The van der Waals surface area contributed by atoms with Crippen LogP contribution in [-0.2, 0) is 4.79 Å². The lowest BCUT2D eigenvalue weighted by atomic mass is 10.3. The van der Waals surface area contributed by atoms with Crippen LogP contribution in [-0.4, -0.2) is 11.4 Å². The number of anilines is 1. The second-order valence-corrected chi connectivity index (χ2v) is 4.57. The van der Waals surface area contributed by atoms with E-state index < -0.39 is 0 Å². The smallest absolute Gasteiger partial charge is 0.212 e. The molecule has 2 aromatic rings. The normalized spacial score (nSPS) is 10.1. The zero-order chi connectivity index (χ0) is 9.97. The van der Waals surface area contributed by atoms with Gasteiger partial charge < -0.3 is 5.32 Å². The van der Waals surface area contributed by atoms with E-state index in [1.807, 2.05) is 5.38 Å². The van der Waals surface area contributed by atoms with E-state index >= 15 is 0 Å². The second kappa shape index (κ2) is 4.08. The highest BCUT2D eigenvalue weighted by Crippen LogP contribution is 2.40. The largest absolute Gasteiger partial charge is 0.320 e. The molecule has 0 bridgehead atoms. The molecule has 0 radical (unpaired) electrons. The van der Waals surface area contributed by atoms with E-state index in [2.05, 4.69) is 10.3 Å². The van der Waals surface area contributed by atoms with E-state index in [0.29, 0.717) is 11.4 Å². The minimum atomic E-state index is 0.620. The van der Waals surface area contributed by atoms with Crippen LogP contribution in [0.5, 0.6) is 0 Å². The molecule has 0 unspecified atom stereocenters. The average molecular weight is 245 g/mol. The van der Waals surface area contributed by atoms with Gasteiger partial charge in [0.05, 0.1) is 10.6 Å². The summed E-state index contributed by atoms with van der Waals surface area (Å²) in [5.41, 5.74) is 0.804. The SMILES string of the molecule is O=CNc1scc(Cl)c1-c1nccs1. The molecule has 0 atom stereocenters. The van der Waals surface area contributed by atoms with Gasteiger partial charge in [-0.1, -0.05) is 11.6 Å². The average Bonchev–Trinajstić information content (AvgIpc) is 2.76. The van der Waals surface area contributed by atoms with E-state index in [-0.39, 0.29) is 0 Å². The third-order valence-electron chi connectivity index (χ3n) is 1.58. The highest BCUT2D eigenvalue weighted by Gasteiger charge is 2.13. The van der Waals surface area contributed by atoms with Crippen LogP contribution < -0.4 is 5.32 Å². The lowest BCUT2D eigenvalue weighted by Gasteiger charge is -1.98. The van der Waals surface area contributed by atoms with Gasteiger partial charge in [-0.2, -0.15) is 0 Å². The van der Waals surface area contributed by atoms with Crippen molar-refractivity contribution in [2.24, 2.45) is 0 Å². The van der Waals surface area contributed by atoms with Gasteiger partial charge in [-0.05, 0) is 0 Å². The summed E-state index contributed by atoms with van der Waals surface area (Å²) in [6, 6.07) is 0. The van der Waals surface area contributed by atoms with Gasteiger partial charge in [0.2, 0.25) is 6.41 Å². The first-order chi connectivity index (χ1) is 6.83. The predicted molar refractivity (Wildman–Crippen MR) is 60.1 cm³/mol. The lowest BCUT2D eigenvalue weighted by molar-refractivity contribution is -0.105. The Balaban J connectivity index is 2.50. The number of hydrogen-bond acceptors (Lipinski definition) is 4. The van der Waals surface area contributed by atoms with Gasteiger partial charge in [-0.3, -0.25) is 4.79 Å². The molecule has 1 amide bonds. The summed E-state index contributed by atoms with van der Waals surface area (Å²) >= 11 is 8.87. The molecular weight excluding hydrogens is 240 g/mol. The van der Waals surface area contributed by atoms with Gasteiger partial charge >= 0.3 is 0 Å². The number of amides is 1. The number of thiazole rings is 1. The van der Waals surface area contributed by atoms with Gasteiger partial charge in [0, 0.05) is 17.0 Å². The highest BCUT2D eigenvalue weighted by molar-refractivity contribution is 7.17. The van der Waals surface area contributed by atoms with E-state index in [4.69, 9.17) is 11.6 Å². The summed E-state index contributed by atoms with van der Waals surface area (Å²) in [6.45, 7) is 0. The topological polar surface area (TPSA) is 42.0 Å². The molecule has 0 aromatic carbocycles. The molecular formula is C8H5ClN2OS2. The van der Waals surface area contributed by atoms with Crippen LogP contribution in [0.3, 0.4) is 0 Å². The maximum atomic E-state index is 10.3. The number of nitrogens with zero attached hydrogens (tertiary/aromatic N) is 1. The van der Waals surface area contributed by atoms with Crippen molar-refractivity contribution in [3.63, 3.8) is 0 Å². The second-order valence-electron chi connectivity index (χ2n) is 2.39. The molecule has 14 heavy (non-hydrogen) atoms. The zero-order valence-corrected chi connectivity index (χ0v) is 9.25. The van der Waals surface area contributed by atoms with Gasteiger partial charge in [-0.15, -0.1) is 22.7 Å². The van der Waals surface area contributed by atoms with Gasteiger partial charge in [-0.25, -0.2) is 4.98 Å². The first kappa shape index (κ1) is 9.64. The van der Waals surface area contributed by atoms with Gasteiger partial charge in [0.25, 0.3) is 0 Å². The summed E-state index contributed by atoms with van der Waals surface area (Å²) in [7, 11) is 0. The number of halogens is 1. The molecule has 0 fully saturated rings. The molecule has 72 valence electrons. The van der Waals surface area contributed by atoms with Crippen molar-refractivity contribution >= 4 is 45.7 Å². The molecule has 0 aliphatic carbocycles. The Morgan fingerprint density at radius 1 is 1.50 bits per heavy atom. The van der Waals surface area contributed by atoms with E-state index in [1.165, 1.54) is 22.7 Å². The third-order valence-corrected chi connectivity index (χ3v) is 3.71. The molecule has 2 rings (SSSR count). The molecule has 0 aliphatic rings. The van der Waals surface area contributed by atoms with Crippen LogP contribution in [0.15, 0.2) is 17.0 Å². The third kappa shape index (κ3) is 1.66. The molecule has 2 heterocycles. The van der Waals surface area contributed by atoms with E-state index in [1.54, 1.807) is 11.6 Å². The number of carbonyl (C=O) groups is 1. The fourth-order valence-electron chi connectivity index (χ4n) is 1.04. The Bertz CT molecular complexity index is 438. The molecule has 0 spiro atoms. The number of thiophene rings is 1.